The molecule has 19 heavy (non-hydrogen) atoms. The molecule has 4 fully saturated rings. The Morgan fingerprint density at radius 2 is 1.63 bits per heavy atom. The third-order valence-electron chi connectivity index (χ3n) is 6.00. The van der Waals surface area contributed by atoms with Crippen molar-refractivity contribution < 1.29 is 4.79 Å². The van der Waals surface area contributed by atoms with Gasteiger partial charge in [0, 0.05) is 17.8 Å². The molecule has 4 aliphatic carbocycles. The number of rotatable bonds is 4. The van der Waals surface area contributed by atoms with Crippen molar-refractivity contribution in [3.8, 4) is 0 Å². The lowest BCUT2D eigenvalue weighted by molar-refractivity contribution is -0.139. The third kappa shape index (κ3) is 2.53. The second-order valence-electron chi connectivity index (χ2n) is 7.39. The van der Waals surface area contributed by atoms with Gasteiger partial charge in [0.25, 0.3) is 0 Å². The lowest BCUT2D eigenvalue weighted by atomic mass is 9.51. The zero-order valence-corrected chi connectivity index (χ0v) is 12.8. The van der Waals surface area contributed by atoms with Crippen LogP contribution in [0.4, 0.5) is 0 Å². The van der Waals surface area contributed by atoms with Gasteiger partial charge in [0.1, 0.15) is 0 Å². The molecule has 2 atom stereocenters. The van der Waals surface area contributed by atoms with E-state index in [1.54, 1.807) is 0 Å². The molecule has 3 heteroatoms. The first-order chi connectivity index (χ1) is 9.08. The fourth-order valence-electron chi connectivity index (χ4n) is 4.95. The van der Waals surface area contributed by atoms with Crippen LogP contribution in [0.2, 0.25) is 0 Å². The summed E-state index contributed by atoms with van der Waals surface area (Å²) in [4.78, 5) is 12.6. The summed E-state index contributed by atoms with van der Waals surface area (Å²) >= 11 is 5.89. The minimum absolute atomic E-state index is 0.196. The zero-order chi connectivity index (χ0) is 13.6. The second kappa shape index (κ2) is 5.27. The van der Waals surface area contributed by atoms with E-state index < -0.39 is 0 Å². The number of alkyl halides is 1. The summed E-state index contributed by atoms with van der Waals surface area (Å²) in [7, 11) is 0. The summed E-state index contributed by atoms with van der Waals surface area (Å²) in [6.07, 6.45) is 6.69. The lowest BCUT2D eigenvalue weighted by Crippen LogP contribution is -2.53. The highest BCUT2D eigenvalue weighted by Crippen LogP contribution is 2.56. The van der Waals surface area contributed by atoms with Gasteiger partial charge >= 0.3 is 0 Å². The van der Waals surface area contributed by atoms with Crippen molar-refractivity contribution in [2.45, 2.75) is 52.0 Å². The van der Waals surface area contributed by atoms with E-state index in [0.29, 0.717) is 35.5 Å². The van der Waals surface area contributed by atoms with Gasteiger partial charge in [-0.2, -0.15) is 0 Å². The van der Waals surface area contributed by atoms with Gasteiger partial charge in [0.05, 0.1) is 0 Å². The predicted octanol–water partition coefficient (Wildman–Crippen LogP) is 3.44. The van der Waals surface area contributed by atoms with E-state index in [1.165, 1.54) is 32.1 Å². The Morgan fingerprint density at radius 1 is 1.11 bits per heavy atom. The van der Waals surface area contributed by atoms with Gasteiger partial charge in [0.2, 0.25) is 5.91 Å². The summed E-state index contributed by atoms with van der Waals surface area (Å²) in [5, 5.41) is 3.24. The Kier molecular flexibility index (Phi) is 3.81. The van der Waals surface area contributed by atoms with Gasteiger partial charge < -0.3 is 5.32 Å². The van der Waals surface area contributed by atoms with Crippen molar-refractivity contribution in [2.24, 2.45) is 35.5 Å². The Bertz CT molecular complexity index is 329. The van der Waals surface area contributed by atoms with Crippen LogP contribution < -0.4 is 5.32 Å². The first-order valence-corrected chi connectivity index (χ1v) is 8.48. The number of carbonyl (C=O) groups is 1. The molecule has 4 aliphatic rings. The fraction of sp³-hybridized carbons (Fsp3) is 0.938. The molecule has 1 N–H and O–H groups in total. The van der Waals surface area contributed by atoms with E-state index in [1.807, 2.05) is 0 Å². The molecule has 4 saturated carbocycles. The van der Waals surface area contributed by atoms with Gasteiger partial charge in [-0.05, 0) is 68.6 Å². The molecule has 0 aliphatic heterocycles. The fourth-order valence-corrected chi connectivity index (χ4v) is 5.22. The first-order valence-electron chi connectivity index (χ1n) is 7.94. The Balaban J connectivity index is 1.64. The van der Waals surface area contributed by atoms with Crippen LogP contribution in [0.5, 0.6) is 0 Å². The maximum atomic E-state index is 12.6. The Hall–Kier alpha value is -0.240. The molecule has 108 valence electrons. The van der Waals surface area contributed by atoms with Gasteiger partial charge in [-0.1, -0.05) is 6.92 Å². The Labute approximate surface area is 121 Å². The van der Waals surface area contributed by atoms with Crippen molar-refractivity contribution >= 4 is 17.5 Å². The van der Waals surface area contributed by atoms with Crippen LogP contribution in [0.25, 0.3) is 0 Å². The van der Waals surface area contributed by atoms with Crippen LogP contribution in [0.1, 0.15) is 46.0 Å². The van der Waals surface area contributed by atoms with E-state index in [-0.39, 0.29) is 6.04 Å². The van der Waals surface area contributed by atoms with Crippen molar-refractivity contribution in [2.75, 3.05) is 5.88 Å². The summed E-state index contributed by atoms with van der Waals surface area (Å²) in [6.45, 7) is 4.19. The molecule has 4 bridgehead atoms. The molecule has 0 aromatic heterocycles. The first kappa shape index (κ1) is 13.7. The average Bonchev–Trinajstić information content (AvgIpc) is 2.36. The van der Waals surface area contributed by atoms with Gasteiger partial charge in [-0.15, -0.1) is 11.6 Å². The molecule has 0 saturated heterocycles. The number of carbonyl (C=O) groups excluding carboxylic acids is 1. The standard InChI is InChI=1S/C16H26ClNO/c1-9(8-17)10(2)18-16(19)15-13-4-11-3-12(6-13)7-14(15)5-11/h9-15H,3-8H2,1-2H3,(H,18,19). The van der Waals surface area contributed by atoms with Crippen molar-refractivity contribution in [3.05, 3.63) is 0 Å². The largest absolute Gasteiger partial charge is 0.353 e. The quantitative estimate of drug-likeness (QED) is 0.787. The number of nitrogens with one attached hydrogen (secondary N) is 1. The van der Waals surface area contributed by atoms with E-state index in [0.717, 1.165) is 11.8 Å². The number of hydrogen-bond donors (Lipinski definition) is 1. The highest BCUT2D eigenvalue weighted by molar-refractivity contribution is 6.18. The SMILES string of the molecule is CC(CCl)C(C)NC(=O)C1C2CC3CC(C2)CC1C3. The lowest BCUT2D eigenvalue weighted by Gasteiger charge is -2.53. The molecule has 2 unspecified atom stereocenters. The van der Waals surface area contributed by atoms with Crippen LogP contribution in [0.15, 0.2) is 0 Å². The number of amides is 1. The molecular formula is C16H26ClNO. The highest BCUT2D eigenvalue weighted by atomic mass is 35.5. The van der Waals surface area contributed by atoms with E-state index in [4.69, 9.17) is 11.6 Å². The minimum Gasteiger partial charge on any atom is -0.353 e. The topological polar surface area (TPSA) is 29.1 Å². The normalized spacial score (nSPS) is 43.0. The number of halogens is 1. The van der Waals surface area contributed by atoms with Crippen LogP contribution >= 0.6 is 11.6 Å². The number of hydrogen-bond acceptors (Lipinski definition) is 1. The van der Waals surface area contributed by atoms with E-state index in [2.05, 4.69) is 19.2 Å². The average molecular weight is 284 g/mol. The van der Waals surface area contributed by atoms with Gasteiger partial charge in [-0.3, -0.25) is 4.79 Å². The molecule has 2 nitrogen and oxygen atoms in total. The summed E-state index contributed by atoms with van der Waals surface area (Å²) in [6, 6.07) is 0.196. The predicted molar refractivity (Wildman–Crippen MR) is 78.0 cm³/mol. The maximum Gasteiger partial charge on any atom is 0.223 e. The van der Waals surface area contributed by atoms with Crippen LogP contribution in [0, 0.1) is 35.5 Å². The van der Waals surface area contributed by atoms with Crippen molar-refractivity contribution in [3.63, 3.8) is 0 Å². The molecule has 4 rings (SSSR count). The molecule has 0 spiro atoms. The molecule has 0 heterocycles. The second-order valence-corrected chi connectivity index (χ2v) is 7.69. The summed E-state index contributed by atoms with van der Waals surface area (Å²) in [5.41, 5.74) is 0. The summed E-state index contributed by atoms with van der Waals surface area (Å²) in [5.74, 6) is 4.81. The molecular weight excluding hydrogens is 258 g/mol. The van der Waals surface area contributed by atoms with Gasteiger partial charge in [0.15, 0.2) is 0 Å². The summed E-state index contributed by atoms with van der Waals surface area (Å²) < 4.78 is 0. The molecule has 1 amide bonds. The maximum absolute atomic E-state index is 12.6. The van der Waals surface area contributed by atoms with Crippen molar-refractivity contribution in [1.29, 1.82) is 0 Å². The van der Waals surface area contributed by atoms with Crippen LogP contribution in [-0.2, 0) is 4.79 Å². The monoisotopic (exact) mass is 283 g/mol. The zero-order valence-electron chi connectivity index (χ0n) is 12.1. The third-order valence-corrected chi connectivity index (χ3v) is 6.48. The Morgan fingerprint density at radius 3 is 2.11 bits per heavy atom. The molecule has 0 aromatic rings. The molecule has 0 radical (unpaired) electrons. The van der Waals surface area contributed by atoms with E-state index in [9.17, 15) is 4.79 Å². The van der Waals surface area contributed by atoms with Crippen molar-refractivity contribution in [1.82, 2.24) is 5.32 Å². The van der Waals surface area contributed by atoms with Crippen LogP contribution in [-0.4, -0.2) is 17.8 Å². The van der Waals surface area contributed by atoms with Gasteiger partial charge in [-0.25, -0.2) is 0 Å². The molecule has 0 aromatic carbocycles. The minimum atomic E-state index is 0.196. The smallest absolute Gasteiger partial charge is 0.223 e. The highest BCUT2D eigenvalue weighted by Gasteiger charge is 2.50. The van der Waals surface area contributed by atoms with Crippen LogP contribution in [0.3, 0.4) is 0 Å². The van der Waals surface area contributed by atoms with E-state index >= 15 is 0 Å².